The molecule has 1 saturated carbocycles. The Morgan fingerprint density at radius 3 is 2.51 bits per heavy atom. The predicted octanol–water partition coefficient (Wildman–Crippen LogP) is 5.40. The first-order valence-corrected chi connectivity index (χ1v) is 18.9. The number of hydrogen-bond donors (Lipinski definition) is 4. The number of aromatic nitrogens is 2. The monoisotopic (exact) mass is 703 g/mol. The van der Waals surface area contributed by atoms with Crippen molar-refractivity contribution in [3.8, 4) is 11.5 Å². The number of nitrogens with one attached hydrogen (secondary N) is 3. The third-order valence-corrected chi connectivity index (χ3v) is 11.5. The van der Waals surface area contributed by atoms with E-state index in [0.29, 0.717) is 54.4 Å². The first-order chi connectivity index (χ1) is 24.8. The highest BCUT2D eigenvalue weighted by molar-refractivity contribution is 5.83. The zero-order valence-corrected chi connectivity index (χ0v) is 29.3. The Morgan fingerprint density at radius 2 is 1.76 bits per heavy atom. The highest BCUT2D eigenvalue weighted by atomic mass is 19.2. The number of rotatable bonds is 12. The van der Waals surface area contributed by atoms with Crippen LogP contribution in [-0.2, 0) is 11.2 Å². The molecule has 51 heavy (non-hydrogen) atoms. The first-order valence-electron chi connectivity index (χ1n) is 18.9. The maximum Gasteiger partial charge on any atom is 0.350 e. The predicted molar refractivity (Wildman–Crippen MR) is 194 cm³/mol. The summed E-state index contributed by atoms with van der Waals surface area (Å²) in [5.41, 5.74) is 8.02. The van der Waals surface area contributed by atoms with Gasteiger partial charge in [0, 0.05) is 18.0 Å². The van der Waals surface area contributed by atoms with E-state index in [1.165, 1.54) is 11.6 Å². The quantitative estimate of drug-likeness (QED) is 0.144. The van der Waals surface area contributed by atoms with Gasteiger partial charge in [0.1, 0.15) is 0 Å². The lowest BCUT2D eigenvalue weighted by Crippen LogP contribution is -2.42. The number of carbonyl (C=O) groups excluding carboxylic acids is 1. The van der Waals surface area contributed by atoms with Gasteiger partial charge in [-0.15, -0.1) is 0 Å². The Balaban J connectivity index is 0.945. The van der Waals surface area contributed by atoms with E-state index < -0.39 is 11.6 Å². The van der Waals surface area contributed by atoms with Crippen molar-refractivity contribution in [1.82, 2.24) is 25.1 Å². The molecule has 4 heterocycles. The highest BCUT2D eigenvalue weighted by Gasteiger charge is 2.32. The molecule has 0 radical (unpaired) electrons. The van der Waals surface area contributed by atoms with E-state index in [9.17, 15) is 18.4 Å². The number of halogens is 2. The summed E-state index contributed by atoms with van der Waals surface area (Å²) in [4.78, 5) is 33.6. The molecule has 1 atom stereocenters. The van der Waals surface area contributed by atoms with Crippen LogP contribution in [0, 0.1) is 23.5 Å². The lowest BCUT2D eigenvalue weighted by atomic mass is 9.78. The molecule has 1 aliphatic carbocycles. The lowest BCUT2D eigenvalue weighted by Gasteiger charge is -2.35. The molecule has 1 unspecified atom stereocenters. The highest BCUT2D eigenvalue weighted by Crippen LogP contribution is 2.43. The molecule has 2 saturated heterocycles. The Morgan fingerprint density at radius 1 is 0.980 bits per heavy atom. The van der Waals surface area contributed by atoms with E-state index in [0.717, 1.165) is 102 Å². The minimum atomic E-state index is -0.866. The molecule has 3 fully saturated rings. The molecule has 0 bridgehead atoms. The lowest BCUT2D eigenvalue weighted by molar-refractivity contribution is -0.126. The number of ether oxygens (including phenoxy) is 1. The molecule has 3 aliphatic heterocycles. The normalized spacial score (nSPS) is 22.0. The fourth-order valence-corrected chi connectivity index (χ4v) is 8.55. The molecule has 3 aromatic rings. The van der Waals surface area contributed by atoms with E-state index >= 15 is 0 Å². The van der Waals surface area contributed by atoms with Gasteiger partial charge in [-0.2, -0.15) is 4.98 Å². The second kappa shape index (κ2) is 16.3. The molecule has 0 amide bonds. The first kappa shape index (κ1) is 35.7. The van der Waals surface area contributed by atoms with Crippen LogP contribution >= 0.6 is 0 Å². The fourth-order valence-electron chi connectivity index (χ4n) is 8.55. The van der Waals surface area contributed by atoms with E-state index in [2.05, 4.69) is 38.0 Å². The Hall–Kier alpha value is -3.71. The number of piperidine rings is 2. The van der Waals surface area contributed by atoms with Crippen LogP contribution in [0.5, 0.6) is 11.5 Å². The maximum absolute atomic E-state index is 14.0. The number of carbonyl (C=O) groups is 1. The van der Waals surface area contributed by atoms with Crippen molar-refractivity contribution in [3.05, 3.63) is 75.8 Å². The standard InChI is InChI=1S/C39H51F2N7O3/c40-32-8-2-25(21-33(32)41)20-31(27-10-16-43-17-11-27)35(49)23-47-18-12-26(13-19-47)28-3-9-36-34(22-28)45-38-37(51-36)24-48(39(50)46-38)30-6-4-29(5-7-30)44-15-1-14-42/h2-3,8-9,21-22,24,26-27,29-31,43-44H,1,4-7,10-20,23,42H2,(H,45,46,50). The molecule has 7 rings (SSSR count). The zero-order valence-electron chi connectivity index (χ0n) is 29.3. The smallest absolute Gasteiger partial charge is 0.350 e. The summed E-state index contributed by atoms with van der Waals surface area (Å²) >= 11 is 0. The van der Waals surface area contributed by atoms with Crippen molar-refractivity contribution in [3.63, 3.8) is 0 Å². The van der Waals surface area contributed by atoms with Crippen molar-refractivity contribution >= 4 is 17.3 Å². The second-order valence-electron chi connectivity index (χ2n) is 14.9. The largest absolute Gasteiger partial charge is 0.450 e. The molecule has 4 aliphatic rings. The van der Waals surface area contributed by atoms with Crippen LogP contribution in [0.1, 0.15) is 80.9 Å². The molecule has 274 valence electrons. The molecule has 5 N–H and O–H groups in total. The third-order valence-electron chi connectivity index (χ3n) is 11.5. The minimum absolute atomic E-state index is 0.103. The molecule has 2 aromatic carbocycles. The summed E-state index contributed by atoms with van der Waals surface area (Å²) in [7, 11) is 0. The van der Waals surface area contributed by atoms with Gasteiger partial charge in [-0.1, -0.05) is 12.1 Å². The van der Waals surface area contributed by atoms with Crippen molar-refractivity contribution in [2.45, 2.75) is 82.2 Å². The molecular weight excluding hydrogens is 652 g/mol. The van der Waals surface area contributed by atoms with Crippen molar-refractivity contribution in [1.29, 1.82) is 0 Å². The van der Waals surface area contributed by atoms with Crippen LogP contribution in [-0.4, -0.2) is 72.1 Å². The van der Waals surface area contributed by atoms with Gasteiger partial charge in [-0.05, 0) is 151 Å². The number of ketones is 1. The topological polar surface area (TPSA) is 127 Å². The maximum atomic E-state index is 14.0. The van der Waals surface area contributed by atoms with Crippen LogP contribution in [0.25, 0.3) is 0 Å². The van der Waals surface area contributed by atoms with Crippen LogP contribution in [0.4, 0.5) is 20.3 Å². The number of nitrogens with two attached hydrogens (primary N) is 1. The Bertz CT molecular complexity index is 1730. The van der Waals surface area contributed by atoms with E-state index in [1.54, 1.807) is 10.6 Å². The van der Waals surface area contributed by atoms with Crippen LogP contribution in [0.15, 0.2) is 47.4 Å². The van der Waals surface area contributed by atoms with Crippen LogP contribution in [0.3, 0.4) is 0 Å². The SMILES string of the molecule is NCCCNC1CCC(n2cc3c(nc2=O)Nc2cc(C4CCN(CC(=O)C(Cc5ccc(F)c(F)c5)C5CCNCC5)CC4)ccc2O3)CC1. The summed E-state index contributed by atoms with van der Waals surface area (Å²) in [5, 5.41) is 10.3. The molecule has 10 nitrogen and oxygen atoms in total. The van der Waals surface area contributed by atoms with Crippen molar-refractivity contribution < 1.29 is 18.3 Å². The van der Waals surface area contributed by atoms with Crippen LogP contribution in [0.2, 0.25) is 0 Å². The zero-order chi connectivity index (χ0) is 35.3. The number of likely N-dealkylation sites (tertiary alicyclic amines) is 1. The average Bonchev–Trinajstić information content (AvgIpc) is 3.15. The van der Waals surface area contributed by atoms with Gasteiger partial charge in [0.2, 0.25) is 0 Å². The summed E-state index contributed by atoms with van der Waals surface area (Å²) in [6.45, 7) is 5.33. The summed E-state index contributed by atoms with van der Waals surface area (Å²) in [6.07, 6.45) is 10.7. The van der Waals surface area contributed by atoms with Gasteiger partial charge in [-0.3, -0.25) is 14.3 Å². The van der Waals surface area contributed by atoms with Gasteiger partial charge in [0.05, 0.1) is 18.4 Å². The van der Waals surface area contributed by atoms with Crippen LogP contribution < -0.4 is 32.1 Å². The summed E-state index contributed by atoms with van der Waals surface area (Å²) in [6, 6.07) is 10.8. The number of hydrogen-bond acceptors (Lipinski definition) is 9. The van der Waals surface area contributed by atoms with Gasteiger partial charge in [-0.25, -0.2) is 13.6 Å². The molecular formula is C39H51F2N7O3. The third kappa shape index (κ3) is 8.51. The number of nitrogens with zero attached hydrogens (tertiary/aromatic N) is 3. The number of fused-ring (bicyclic) bond motifs is 2. The summed E-state index contributed by atoms with van der Waals surface area (Å²) in [5.74, 6) is 0.505. The Kier molecular flexibility index (Phi) is 11.4. The van der Waals surface area contributed by atoms with Crippen molar-refractivity contribution in [2.24, 2.45) is 17.6 Å². The van der Waals surface area contributed by atoms with Gasteiger partial charge in [0.25, 0.3) is 0 Å². The van der Waals surface area contributed by atoms with Gasteiger partial charge in [0.15, 0.2) is 34.7 Å². The number of anilines is 2. The van der Waals surface area contributed by atoms with Gasteiger partial charge < -0.3 is 26.4 Å². The minimum Gasteiger partial charge on any atom is -0.450 e. The molecule has 0 spiro atoms. The summed E-state index contributed by atoms with van der Waals surface area (Å²) < 4.78 is 35.6. The fraction of sp³-hybridized carbons (Fsp3) is 0.564. The molecule has 1 aromatic heterocycles. The van der Waals surface area contributed by atoms with Gasteiger partial charge >= 0.3 is 5.69 Å². The number of benzene rings is 2. The average molecular weight is 704 g/mol. The Labute approximate surface area is 298 Å². The number of Topliss-reactive ketones (excluding diaryl/α,β-unsaturated/α-hetero) is 1. The van der Waals surface area contributed by atoms with E-state index in [4.69, 9.17) is 10.5 Å². The van der Waals surface area contributed by atoms with E-state index in [-0.39, 0.29) is 29.4 Å². The second-order valence-corrected chi connectivity index (χ2v) is 14.9. The van der Waals surface area contributed by atoms with E-state index in [1.807, 2.05) is 12.3 Å². The van der Waals surface area contributed by atoms with Crippen molar-refractivity contribution in [2.75, 3.05) is 51.1 Å². The molecule has 12 heteroatoms.